The fraction of sp³-hybridized carbons (Fsp3) is 0.154. The Morgan fingerprint density at radius 2 is 1.76 bits per heavy atom. The van der Waals surface area contributed by atoms with Crippen molar-refractivity contribution in [2.45, 2.75) is 5.25 Å². The SMILES string of the molecule is O=C(OCC(F)(F)S(=O)(=O)O)c1cccc2ccccc12. The van der Waals surface area contributed by atoms with E-state index >= 15 is 0 Å². The van der Waals surface area contributed by atoms with Gasteiger partial charge in [0.25, 0.3) is 0 Å². The molecule has 0 fully saturated rings. The van der Waals surface area contributed by atoms with Gasteiger partial charge in [-0.25, -0.2) is 4.79 Å². The van der Waals surface area contributed by atoms with Gasteiger partial charge in [0.2, 0.25) is 0 Å². The number of hydrogen-bond acceptors (Lipinski definition) is 4. The normalized spacial score (nSPS) is 12.3. The number of alkyl halides is 2. The molecule has 5 nitrogen and oxygen atoms in total. The fourth-order valence-corrected chi connectivity index (χ4v) is 1.91. The van der Waals surface area contributed by atoms with Crippen LogP contribution in [0.25, 0.3) is 10.8 Å². The van der Waals surface area contributed by atoms with Crippen molar-refractivity contribution < 1.29 is 31.3 Å². The van der Waals surface area contributed by atoms with Gasteiger partial charge >= 0.3 is 21.3 Å². The molecular formula is C13H10F2O5S. The van der Waals surface area contributed by atoms with Crippen molar-refractivity contribution in [3.05, 3.63) is 48.0 Å². The zero-order valence-corrected chi connectivity index (χ0v) is 11.3. The Hall–Kier alpha value is -2.06. The number of ether oxygens (including phenoxy) is 1. The summed E-state index contributed by atoms with van der Waals surface area (Å²) in [4.78, 5) is 11.8. The van der Waals surface area contributed by atoms with Crippen molar-refractivity contribution in [1.82, 2.24) is 0 Å². The first-order chi connectivity index (χ1) is 9.72. The molecule has 1 N–H and O–H groups in total. The van der Waals surface area contributed by atoms with Gasteiger partial charge in [0.05, 0.1) is 5.56 Å². The number of fused-ring (bicyclic) bond motifs is 1. The molecule has 8 heteroatoms. The van der Waals surface area contributed by atoms with Crippen LogP contribution in [-0.2, 0) is 14.9 Å². The molecule has 0 aromatic heterocycles. The lowest BCUT2D eigenvalue weighted by Gasteiger charge is -2.13. The van der Waals surface area contributed by atoms with E-state index in [0.717, 1.165) is 0 Å². The molecule has 0 saturated carbocycles. The highest BCUT2D eigenvalue weighted by Crippen LogP contribution is 2.23. The minimum Gasteiger partial charge on any atom is -0.454 e. The van der Waals surface area contributed by atoms with Gasteiger partial charge in [-0.2, -0.15) is 17.2 Å². The molecule has 0 aliphatic heterocycles. The second-order valence-corrected chi connectivity index (χ2v) is 5.76. The summed E-state index contributed by atoms with van der Waals surface area (Å²) in [5.74, 6) is -1.10. The molecule has 0 amide bonds. The molecule has 0 aliphatic carbocycles. The van der Waals surface area contributed by atoms with Crippen LogP contribution in [0, 0.1) is 0 Å². The van der Waals surface area contributed by atoms with E-state index in [2.05, 4.69) is 4.74 Å². The standard InChI is InChI=1S/C13H10F2O5S/c14-13(15,21(17,18)19)8-20-12(16)11-7-3-5-9-4-1-2-6-10(9)11/h1-7H,8H2,(H,17,18,19). The Morgan fingerprint density at radius 1 is 1.14 bits per heavy atom. The van der Waals surface area contributed by atoms with Crippen molar-refractivity contribution in [2.24, 2.45) is 0 Å². The number of hydrogen-bond donors (Lipinski definition) is 1. The number of halogens is 2. The van der Waals surface area contributed by atoms with Gasteiger partial charge in [-0.15, -0.1) is 0 Å². The van der Waals surface area contributed by atoms with Crippen LogP contribution in [0.3, 0.4) is 0 Å². The minimum atomic E-state index is -5.63. The molecule has 0 saturated heterocycles. The van der Waals surface area contributed by atoms with E-state index in [9.17, 15) is 22.0 Å². The van der Waals surface area contributed by atoms with Crippen LogP contribution < -0.4 is 0 Å². The Kier molecular flexibility index (Phi) is 3.93. The molecule has 2 aromatic rings. The third-order valence-electron chi connectivity index (χ3n) is 2.76. The Morgan fingerprint density at radius 3 is 2.43 bits per heavy atom. The average molecular weight is 316 g/mol. The number of benzene rings is 2. The van der Waals surface area contributed by atoms with Crippen LogP contribution in [0.1, 0.15) is 10.4 Å². The molecule has 0 heterocycles. The summed E-state index contributed by atoms with van der Waals surface area (Å²) in [5.41, 5.74) is 0.0271. The van der Waals surface area contributed by atoms with Crippen LogP contribution in [0.5, 0.6) is 0 Å². The van der Waals surface area contributed by atoms with Crippen LogP contribution in [0.15, 0.2) is 42.5 Å². The fourth-order valence-electron chi connectivity index (χ4n) is 1.71. The second-order valence-electron chi connectivity index (χ2n) is 4.22. The molecule has 0 bridgehead atoms. The lowest BCUT2D eigenvalue weighted by molar-refractivity contribution is -0.00937. The van der Waals surface area contributed by atoms with E-state index in [1.165, 1.54) is 6.07 Å². The summed E-state index contributed by atoms with van der Waals surface area (Å²) in [6, 6.07) is 11.4. The van der Waals surface area contributed by atoms with Crippen molar-refractivity contribution in [3.63, 3.8) is 0 Å². The van der Waals surface area contributed by atoms with Crippen LogP contribution in [0.2, 0.25) is 0 Å². The van der Waals surface area contributed by atoms with Crippen LogP contribution in [-0.4, -0.2) is 30.8 Å². The number of rotatable bonds is 4. The van der Waals surface area contributed by atoms with E-state index in [0.29, 0.717) is 10.8 Å². The van der Waals surface area contributed by atoms with Crippen LogP contribution in [0.4, 0.5) is 8.78 Å². The molecule has 0 radical (unpaired) electrons. The molecule has 0 spiro atoms. The predicted molar refractivity (Wildman–Crippen MR) is 70.7 cm³/mol. The quantitative estimate of drug-likeness (QED) is 0.692. The maximum atomic E-state index is 13.0. The number of esters is 1. The maximum Gasteiger partial charge on any atom is 0.402 e. The molecule has 2 rings (SSSR count). The Labute approximate surface area is 118 Å². The zero-order chi connectivity index (χ0) is 15.7. The van der Waals surface area contributed by atoms with Gasteiger partial charge in [-0.1, -0.05) is 36.4 Å². The summed E-state index contributed by atoms with van der Waals surface area (Å²) in [6.45, 7) is -1.76. The largest absolute Gasteiger partial charge is 0.454 e. The minimum absolute atomic E-state index is 0.0271. The van der Waals surface area contributed by atoms with E-state index in [1.54, 1.807) is 36.4 Å². The van der Waals surface area contributed by atoms with Gasteiger partial charge < -0.3 is 4.74 Å². The first kappa shape index (κ1) is 15.3. The predicted octanol–water partition coefficient (Wildman–Crippen LogP) is 2.48. The average Bonchev–Trinajstić information content (AvgIpc) is 2.43. The van der Waals surface area contributed by atoms with Crippen molar-refractivity contribution in [1.29, 1.82) is 0 Å². The third kappa shape index (κ3) is 3.17. The molecule has 21 heavy (non-hydrogen) atoms. The second kappa shape index (κ2) is 5.38. The molecule has 0 unspecified atom stereocenters. The highest BCUT2D eigenvalue weighted by atomic mass is 32.2. The monoisotopic (exact) mass is 316 g/mol. The lowest BCUT2D eigenvalue weighted by atomic mass is 10.1. The Balaban J connectivity index is 2.25. The van der Waals surface area contributed by atoms with Gasteiger partial charge in [-0.05, 0) is 16.8 Å². The summed E-state index contributed by atoms with van der Waals surface area (Å²) < 4.78 is 59.5. The summed E-state index contributed by atoms with van der Waals surface area (Å²) in [5, 5.41) is -3.36. The molecule has 2 aromatic carbocycles. The lowest BCUT2D eigenvalue weighted by Crippen LogP contribution is -2.34. The van der Waals surface area contributed by atoms with E-state index < -0.39 is 27.9 Å². The van der Waals surface area contributed by atoms with Crippen molar-refractivity contribution >= 4 is 26.9 Å². The topological polar surface area (TPSA) is 80.7 Å². The van der Waals surface area contributed by atoms with Crippen molar-refractivity contribution in [2.75, 3.05) is 6.61 Å². The Bertz CT molecular complexity index is 781. The van der Waals surface area contributed by atoms with Gasteiger partial charge in [-0.3, -0.25) is 4.55 Å². The van der Waals surface area contributed by atoms with E-state index in [1.807, 2.05) is 0 Å². The molecule has 0 aliphatic rings. The first-order valence-corrected chi connectivity index (χ1v) is 7.16. The van der Waals surface area contributed by atoms with Gasteiger partial charge in [0, 0.05) is 0 Å². The highest BCUT2D eigenvalue weighted by Gasteiger charge is 2.45. The number of carbonyl (C=O) groups is 1. The summed E-state index contributed by atoms with van der Waals surface area (Å²) in [6.07, 6.45) is 0. The summed E-state index contributed by atoms with van der Waals surface area (Å²) in [7, 11) is -5.63. The first-order valence-electron chi connectivity index (χ1n) is 5.72. The summed E-state index contributed by atoms with van der Waals surface area (Å²) >= 11 is 0. The van der Waals surface area contributed by atoms with E-state index in [-0.39, 0.29) is 5.56 Å². The van der Waals surface area contributed by atoms with Gasteiger partial charge in [0.15, 0.2) is 6.61 Å². The highest BCUT2D eigenvalue weighted by molar-refractivity contribution is 7.86. The molecule has 0 atom stereocenters. The van der Waals surface area contributed by atoms with Crippen LogP contribution >= 0.6 is 0 Å². The zero-order valence-electron chi connectivity index (χ0n) is 10.5. The van der Waals surface area contributed by atoms with Gasteiger partial charge in [0.1, 0.15) is 0 Å². The maximum absolute atomic E-state index is 13.0. The molecule has 112 valence electrons. The number of carbonyl (C=O) groups excluding carboxylic acids is 1. The molecular weight excluding hydrogens is 306 g/mol. The van der Waals surface area contributed by atoms with E-state index in [4.69, 9.17) is 4.55 Å². The third-order valence-corrected chi connectivity index (χ3v) is 3.63. The smallest absolute Gasteiger partial charge is 0.402 e. The van der Waals surface area contributed by atoms with Crippen molar-refractivity contribution in [3.8, 4) is 0 Å².